The summed E-state index contributed by atoms with van der Waals surface area (Å²) in [6.45, 7) is 1.35. The van der Waals surface area contributed by atoms with Crippen molar-refractivity contribution in [2.45, 2.75) is 13.3 Å². The van der Waals surface area contributed by atoms with Crippen molar-refractivity contribution in [3.8, 4) is 11.5 Å². The number of nitrogens with zero attached hydrogens (tertiary/aromatic N) is 1. The third-order valence-corrected chi connectivity index (χ3v) is 4.68. The number of carbonyl (C=O) groups excluding carboxylic acids is 2. The van der Waals surface area contributed by atoms with Gasteiger partial charge in [-0.15, -0.1) is 3.89 Å². The summed E-state index contributed by atoms with van der Waals surface area (Å²) in [6.07, 6.45) is -0.102. The molecule has 0 radical (unpaired) electrons. The van der Waals surface area contributed by atoms with Crippen molar-refractivity contribution in [3.05, 3.63) is 17.7 Å². The topological polar surface area (TPSA) is 90.0 Å². The maximum absolute atomic E-state index is 12.9. The van der Waals surface area contributed by atoms with Crippen molar-refractivity contribution in [1.29, 1.82) is 0 Å². The molecule has 1 amide bonds. The van der Waals surface area contributed by atoms with Crippen LogP contribution < -0.4 is 14.4 Å². The van der Waals surface area contributed by atoms with Crippen LogP contribution in [0.4, 0.5) is 9.57 Å². The number of methoxy groups -OCH3 is 2. The van der Waals surface area contributed by atoms with Gasteiger partial charge >= 0.3 is 10.2 Å². The molecule has 1 aliphatic rings. The quantitative estimate of drug-likeness (QED) is 0.566. The lowest BCUT2D eigenvalue weighted by atomic mass is 10.1. The zero-order valence-corrected chi connectivity index (χ0v) is 14.4. The highest BCUT2D eigenvalue weighted by atomic mass is 32.3. The van der Waals surface area contributed by atoms with E-state index < -0.39 is 21.9 Å². The number of anilines is 1. The summed E-state index contributed by atoms with van der Waals surface area (Å²) in [6, 6.07) is 2.95. The third kappa shape index (κ3) is 3.84. The highest BCUT2D eigenvalue weighted by Crippen LogP contribution is 2.38. The largest absolute Gasteiger partial charge is 0.493 e. The van der Waals surface area contributed by atoms with Crippen LogP contribution in [0.2, 0.25) is 0 Å². The average molecular weight is 359 g/mol. The molecule has 0 aromatic heterocycles. The van der Waals surface area contributed by atoms with E-state index in [-0.39, 0.29) is 30.2 Å². The summed E-state index contributed by atoms with van der Waals surface area (Å²) in [5, 5.41) is 0. The van der Waals surface area contributed by atoms with E-state index in [1.165, 1.54) is 38.2 Å². The number of hydrogen-bond donors (Lipinski definition) is 0. The molecule has 1 atom stereocenters. The van der Waals surface area contributed by atoms with E-state index in [9.17, 15) is 21.9 Å². The zero-order chi connectivity index (χ0) is 18.1. The summed E-state index contributed by atoms with van der Waals surface area (Å²) in [7, 11) is -1.84. The molecular weight excluding hydrogens is 341 g/mol. The van der Waals surface area contributed by atoms with Crippen LogP contribution in [0.15, 0.2) is 12.1 Å². The standard InChI is InChI=1S/C15H18FNO6S/c1-9(18)11-5-13(22-2)14(23-3)6-12(11)17-7-10(4-15(17)19)8-24(16,20)21/h5-6,10H,4,7-8H2,1-3H3. The Morgan fingerprint density at radius 2 is 1.88 bits per heavy atom. The molecule has 1 heterocycles. The Kier molecular flexibility index (Phi) is 5.12. The summed E-state index contributed by atoms with van der Waals surface area (Å²) in [4.78, 5) is 25.4. The fourth-order valence-electron chi connectivity index (χ4n) is 2.78. The minimum absolute atomic E-state index is 0.0117. The predicted molar refractivity (Wildman–Crippen MR) is 84.9 cm³/mol. The van der Waals surface area contributed by atoms with E-state index in [0.29, 0.717) is 17.2 Å². The molecule has 7 nitrogen and oxygen atoms in total. The number of ether oxygens (including phenoxy) is 2. The molecule has 24 heavy (non-hydrogen) atoms. The SMILES string of the molecule is COc1cc(C(C)=O)c(N2CC(CS(=O)(=O)F)CC2=O)cc1OC. The van der Waals surface area contributed by atoms with Crippen LogP contribution in [-0.4, -0.2) is 46.6 Å². The molecule has 1 saturated heterocycles. The lowest BCUT2D eigenvalue weighted by Gasteiger charge is -2.21. The number of carbonyl (C=O) groups is 2. The number of rotatable bonds is 6. The number of Topliss-reactive ketones (excluding diaryl/α,β-unsaturated/α-hetero) is 1. The molecule has 1 aromatic carbocycles. The Labute approximate surface area is 139 Å². The number of amides is 1. The summed E-state index contributed by atoms with van der Waals surface area (Å²) < 4.78 is 44.8. The van der Waals surface area contributed by atoms with Crippen LogP contribution in [0.3, 0.4) is 0 Å². The van der Waals surface area contributed by atoms with Gasteiger partial charge in [-0.1, -0.05) is 0 Å². The lowest BCUT2D eigenvalue weighted by Crippen LogP contribution is -2.27. The smallest absolute Gasteiger partial charge is 0.302 e. The number of hydrogen-bond acceptors (Lipinski definition) is 6. The van der Waals surface area contributed by atoms with Gasteiger partial charge in [-0.3, -0.25) is 9.59 Å². The van der Waals surface area contributed by atoms with E-state index in [2.05, 4.69) is 0 Å². The van der Waals surface area contributed by atoms with Gasteiger partial charge in [0, 0.05) is 30.5 Å². The number of ketones is 1. The minimum atomic E-state index is -4.68. The minimum Gasteiger partial charge on any atom is -0.493 e. The summed E-state index contributed by atoms with van der Waals surface area (Å²) in [5.41, 5.74) is 0.536. The van der Waals surface area contributed by atoms with Gasteiger partial charge in [-0.05, 0) is 13.0 Å². The van der Waals surface area contributed by atoms with E-state index in [1.807, 2.05) is 0 Å². The van der Waals surface area contributed by atoms with Crippen LogP contribution in [0, 0.1) is 5.92 Å². The fourth-order valence-corrected chi connectivity index (χ4v) is 3.57. The van der Waals surface area contributed by atoms with Gasteiger partial charge in [0.15, 0.2) is 17.3 Å². The zero-order valence-electron chi connectivity index (χ0n) is 13.5. The lowest BCUT2D eigenvalue weighted by molar-refractivity contribution is -0.117. The van der Waals surface area contributed by atoms with Crippen molar-refractivity contribution < 1.29 is 31.4 Å². The summed E-state index contributed by atoms with van der Waals surface area (Å²) >= 11 is 0. The molecule has 0 aliphatic carbocycles. The normalized spacial score (nSPS) is 17.9. The van der Waals surface area contributed by atoms with Crippen molar-refractivity contribution in [1.82, 2.24) is 0 Å². The van der Waals surface area contributed by atoms with Crippen LogP contribution in [0.5, 0.6) is 11.5 Å². The first-order chi connectivity index (χ1) is 11.2. The van der Waals surface area contributed by atoms with Crippen LogP contribution >= 0.6 is 0 Å². The maximum atomic E-state index is 12.9. The monoisotopic (exact) mass is 359 g/mol. The van der Waals surface area contributed by atoms with Crippen LogP contribution in [0.1, 0.15) is 23.7 Å². The molecule has 0 N–H and O–H groups in total. The Morgan fingerprint density at radius 1 is 1.29 bits per heavy atom. The first-order valence-corrected chi connectivity index (χ1v) is 8.71. The molecule has 1 fully saturated rings. The predicted octanol–water partition coefficient (Wildman–Crippen LogP) is 1.56. The van der Waals surface area contributed by atoms with E-state index >= 15 is 0 Å². The first kappa shape index (κ1) is 18.2. The average Bonchev–Trinajstić information content (AvgIpc) is 2.83. The van der Waals surface area contributed by atoms with Gasteiger partial charge < -0.3 is 14.4 Å². The molecule has 0 spiro atoms. The Morgan fingerprint density at radius 3 is 2.38 bits per heavy atom. The molecule has 1 unspecified atom stereocenters. The fraction of sp³-hybridized carbons (Fsp3) is 0.467. The summed E-state index contributed by atoms with van der Waals surface area (Å²) in [5.74, 6) is -1.40. The Balaban J connectivity index is 2.43. The highest BCUT2D eigenvalue weighted by molar-refractivity contribution is 7.86. The van der Waals surface area contributed by atoms with Crippen molar-refractivity contribution >= 4 is 27.6 Å². The number of benzene rings is 1. The molecule has 9 heteroatoms. The second-order valence-electron chi connectivity index (χ2n) is 5.56. The molecule has 0 bridgehead atoms. The van der Waals surface area contributed by atoms with Gasteiger partial charge in [-0.2, -0.15) is 8.42 Å². The van der Waals surface area contributed by atoms with Gasteiger partial charge in [-0.25, -0.2) is 0 Å². The van der Waals surface area contributed by atoms with Crippen molar-refractivity contribution in [2.24, 2.45) is 5.92 Å². The van der Waals surface area contributed by atoms with Crippen molar-refractivity contribution in [3.63, 3.8) is 0 Å². The van der Waals surface area contributed by atoms with Gasteiger partial charge in [0.2, 0.25) is 5.91 Å². The molecule has 2 rings (SSSR count). The van der Waals surface area contributed by atoms with Crippen LogP contribution in [-0.2, 0) is 15.0 Å². The Hall–Kier alpha value is -2.16. The maximum Gasteiger partial charge on any atom is 0.302 e. The van der Waals surface area contributed by atoms with Gasteiger partial charge in [0.05, 0.1) is 25.7 Å². The molecule has 1 aliphatic heterocycles. The first-order valence-electron chi connectivity index (χ1n) is 7.16. The van der Waals surface area contributed by atoms with Gasteiger partial charge in [0.1, 0.15) is 0 Å². The highest BCUT2D eigenvalue weighted by Gasteiger charge is 2.35. The van der Waals surface area contributed by atoms with Gasteiger partial charge in [0.25, 0.3) is 0 Å². The van der Waals surface area contributed by atoms with E-state index in [1.54, 1.807) is 0 Å². The van der Waals surface area contributed by atoms with E-state index in [0.717, 1.165) is 0 Å². The van der Waals surface area contributed by atoms with Crippen LogP contribution in [0.25, 0.3) is 0 Å². The second-order valence-corrected chi connectivity index (χ2v) is 6.97. The molecule has 1 aromatic rings. The molecular formula is C15H18FNO6S. The third-order valence-electron chi connectivity index (χ3n) is 3.81. The number of halogens is 1. The molecule has 132 valence electrons. The second kappa shape index (κ2) is 6.76. The molecule has 0 saturated carbocycles. The van der Waals surface area contributed by atoms with E-state index in [4.69, 9.17) is 9.47 Å². The Bertz CT molecular complexity index is 776. The van der Waals surface area contributed by atoms with Crippen molar-refractivity contribution in [2.75, 3.05) is 31.4 Å².